The van der Waals surface area contributed by atoms with Crippen LogP contribution in [-0.2, 0) is 26.6 Å². The lowest BCUT2D eigenvalue weighted by molar-refractivity contribution is 0.275. The lowest BCUT2D eigenvalue weighted by Gasteiger charge is -2.28. The predicted octanol–water partition coefficient (Wildman–Crippen LogP) is 2.73. The molecule has 5 nitrogen and oxygen atoms in total. The molecule has 0 bridgehead atoms. The molecule has 0 N–H and O–H groups in total. The van der Waals surface area contributed by atoms with Gasteiger partial charge in [-0.25, -0.2) is 4.79 Å². The second kappa shape index (κ2) is 9.42. The van der Waals surface area contributed by atoms with Crippen LogP contribution in [-0.4, -0.2) is 33.4 Å². The van der Waals surface area contributed by atoms with E-state index in [-0.39, 0.29) is 17.8 Å². The number of aromatic nitrogens is 2. The summed E-state index contributed by atoms with van der Waals surface area (Å²) in [5, 5.41) is 0. The van der Waals surface area contributed by atoms with E-state index in [1.807, 2.05) is 60.9 Å². The average molecular weight is 432 g/mol. The van der Waals surface area contributed by atoms with Crippen LogP contribution in [0.2, 0.25) is 0 Å². The number of rotatable bonds is 4. The lowest BCUT2D eigenvalue weighted by Crippen LogP contribution is -2.47. The molecule has 0 unspecified atom stereocenters. The summed E-state index contributed by atoms with van der Waals surface area (Å²) in [6, 6.07) is 17.9. The van der Waals surface area contributed by atoms with Crippen LogP contribution in [0.4, 0.5) is 0 Å². The van der Waals surface area contributed by atoms with Gasteiger partial charge in [-0.05, 0) is 36.1 Å². The molecule has 1 aromatic heterocycles. The van der Waals surface area contributed by atoms with Gasteiger partial charge in [-0.3, -0.25) is 14.3 Å². The topological polar surface area (TPSA) is 47.2 Å². The van der Waals surface area contributed by atoms with Crippen molar-refractivity contribution in [1.82, 2.24) is 14.0 Å². The predicted molar refractivity (Wildman–Crippen MR) is 126 cm³/mol. The highest BCUT2D eigenvalue weighted by molar-refractivity contribution is 7.98. The summed E-state index contributed by atoms with van der Waals surface area (Å²) in [5.74, 6) is 6.38. The second-order valence-electron chi connectivity index (χ2n) is 7.63. The van der Waals surface area contributed by atoms with E-state index in [4.69, 9.17) is 0 Å². The Bertz CT molecular complexity index is 1250. The molecule has 3 aromatic rings. The van der Waals surface area contributed by atoms with Crippen molar-refractivity contribution in [2.75, 3.05) is 19.3 Å². The molecule has 0 spiro atoms. The molecule has 0 amide bonds. The van der Waals surface area contributed by atoms with E-state index in [0.717, 1.165) is 28.3 Å². The van der Waals surface area contributed by atoms with Crippen LogP contribution in [0.25, 0.3) is 0 Å². The number of fused-ring (bicyclic) bond motifs is 1. The highest BCUT2D eigenvalue weighted by atomic mass is 32.2. The minimum absolute atomic E-state index is 0.187. The highest BCUT2D eigenvalue weighted by Gasteiger charge is 2.23. The minimum Gasteiger partial charge on any atom is -0.300 e. The molecule has 1 aliphatic heterocycles. The van der Waals surface area contributed by atoms with Gasteiger partial charge in [0.25, 0.3) is 5.56 Å². The first-order valence-electron chi connectivity index (χ1n) is 10.3. The summed E-state index contributed by atoms with van der Waals surface area (Å²) in [6.45, 7) is 2.16. The third-order valence-electron chi connectivity index (χ3n) is 5.63. The number of hydrogen-bond acceptors (Lipinski definition) is 4. The third-order valence-corrected chi connectivity index (χ3v) is 6.37. The maximum Gasteiger partial charge on any atom is 0.331 e. The molecule has 158 valence electrons. The maximum absolute atomic E-state index is 13.2. The molecule has 2 aromatic carbocycles. The van der Waals surface area contributed by atoms with Crippen LogP contribution in [0.5, 0.6) is 0 Å². The Labute approximate surface area is 186 Å². The number of nitrogens with zero attached hydrogens (tertiary/aromatic N) is 3. The fraction of sp³-hybridized carbons (Fsp3) is 0.280. The zero-order valence-electron chi connectivity index (χ0n) is 17.8. The Morgan fingerprint density at radius 1 is 1.03 bits per heavy atom. The minimum atomic E-state index is -0.255. The third kappa shape index (κ3) is 4.68. The number of hydrogen-bond donors (Lipinski definition) is 0. The van der Waals surface area contributed by atoms with Gasteiger partial charge in [0.1, 0.15) is 0 Å². The van der Waals surface area contributed by atoms with Crippen molar-refractivity contribution in [2.24, 2.45) is 7.05 Å². The van der Waals surface area contributed by atoms with Gasteiger partial charge in [-0.2, -0.15) is 0 Å². The molecule has 0 radical (unpaired) electrons. The van der Waals surface area contributed by atoms with Crippen molar-refractivity contribution in [3.05, 3.63) is 97.8 Å². The average Bonchev–Trinajstić information content (AvgIpc) is 2.81. The molecule has 0 aliphatic carbocycles. The van der Waals surface area contributed by atoms with Crippen LogP contribution in [0, 0.1) is 11.8 Å². The van der Waals surface area contributed by atoms with Crippen molar-refractivity contribution in [1.29, 1.82) is 0 Å². The molecule has 0 saturated carbocycles. The summed E-state index contributed by atoms with van der Waals surface area (Å²) < 4.78 is 2.99. The van der Waals surface area contributed by atoms with Gasteiger partial charge in [0.05, 0.1) is 18.7 Å². The molecule has 6 heteroatoms. The van der Waals surface area contributed by atoms with E-state index >= 15 is 0 Å². The summed E-state index contributed by atoms with van der Waals surface area (Å²) in [6.07, 6.45) is 2.70. The van der Waals surface area contributed by atoms with Gasteiger partial charge < -0.3 is 4.57 Å². The lowest BCUT2D eigenvalue weighted by atomic mass is 10.1. The monoisotopic (exact) mass is 431 g/mol. The van der Waals surface area contributed by atoms with Crippen LogP contribution >= 0.6 is 11.8 Å². The molecule has 4 rings (SSSR count). The molecule has 0 atom stereocenters. The van der Waals surface area contributed by atoms with E-state index < -0.39 is 0 Å². The number of thioether (sulfide) groups is 1. The highest BCUT2D eigenvalue weighted by Crippen LogP contribution is 2.16. The first kappa shape index (κ1) is 21.2. The molecule has 1 aliphatic rings. The Balaban J connectivity index is 1.58. The van der Waals surface area contributed by atoms with Crippen molar-refractivity contribution < 1.29 is 0 Å². The van der Waals surface area contributed by atoms with Gasteiger partial charge in [0.15, 0.2) is 0 Å². The summed E-state index contributed by atoms with van der Waals surface area (Å²) in [7, 11) is 1.76. The van der Waals surface area contributed by atoms with Crippen molar-refractivity contribution >= 4 is 11.8 Å². The van der Waals surface area contributed by atoms with Crippen molar-refractivity contribution in [3.8, 4) is 11.8 Å². The van der Waals surface area contributed by atoms with Crippen LogP contribution in [0.3, 0.4) is 0 Å². The smallest absolute Gasteiger partial charge is 0.300 e. The van der Waals surface area contributed by atoms with Crippen LogP contribution in [0.1, 0.15) is 22.4 Å². The Kier molecular flexibility index (Phi) is 6.45. The van der Waals surface area contributed by atoms with Gasteiger partial charge in [0.2, 0.25) is 0 Å². The molecular weight excluding hydrogens is 406 g/mol. The Morgan fingerprint density at radius 2 is 1.77 bits per heavy atom. The van der Waals surface area contributed by atoms with Gasteiger partial charge >= 0.3 is 5.69 Å². The first-order chi connectivity index (χ1) is 15.1. The maximum atomic E-state index is 13.2. The fourth-order valence-electron chi connectivity index (χ4n) is 3.88. The second-order valence-corrected chi connectivity index (χ2v) is 8.51. The SMILES string of the molecule is CSc1ccc(Cn2c(=O)c3c(n(C)c2=O)CCN(CC#Cc2ccccc2)C3)cc1. The number of benzene rings is 2. The largest absolute Gasteiger partial charge is 0.331 e. The Morgan fingerprint density at radius 3 is 2.48 bits per heavy atom. The molecule has 31 heavy (non-hydrogen) atoms. The van der Waals surface area contributed by atoms with Crippen LogP contribution in [0.15, 0.2) is 69.1 Å². The normalized spacial score (nSPS) is 13.4. The molecule has 0 saturated heterocycles. The summed E-state index contributed by atoms with van der Waals surface area (Å²) in [5.41, 5.74) is 3.03. The molecule has 0 fully saturated rings. The van der Waals surface area contributed by atoms with E-state index in [1.165, 1.54) is 4.57 Å². The Hall–Kier alpha value is -3.01. The van der Waals surface area contributed by atoms with E-state index in [2.05, 4.69) is 16.7 Å². The fourth-order valence-corrected chi connectivity index (χ4v) is 4.29. The standard InChI is InChI=1S/C25H25N3O2S/c1-26-23-14-16-27(15-6-9-19-7-4-3-5-8-19)18-22(23)24(29)28(25(26)30)17-20-10-12-21(31-2)13-11-20/h3-5,7-8,10-13H,14-18H2,1-2H3. The van der Waals surface area contributed by atoms with Gasteiger partial charge in [0, 0.05) is 42.7 Å². The van der Waals surface area contributed by atoms with E-state index in [0.29, 0.717) is 25.1 Å². The molecular formula is C25H25N3O2S. The van der Waals surface area contributed by atoms with E-state index in [1.54, 1.807) is 23.4 Å². The van der Waals surface area contributed by atoms with Crippen LogP contribution < -0.4 is 11.2 Å². The van der Waals surface area contributed by atoms with Gasteiger partial charge in [-0.1, -0.05) is 42.2 Å². The summed E-state index contributed by atoms with van der Waals surface area (Å²) >= 11 is 1.67. The quantitative estimate of drug-likeness (QED) is 0.471. The van der Waals surface area contributed by atoms with Crippen molar-refractivity contribution in [2.45, 2.75) is 24.4 Å². The van der Waals surface area contributed by atoms with Crippen molar-refractivity contribution in [3.63, 3.8) is 0 Å². The summed E-state index contributed by atoms with van der Waals surface area (Å²) in [4.78, 5) is 29.4. The molecule has 2 heterocycles. The van der Waals surface area contributed by atoms with Gasteiger partial charge in [-0.15, -0.1) is 11.8 Å². The first-order valence-corrected chi connectivity index (χ1v) is 11.5. The zero-order valence-corrected chi connectivity index (χ0v) is 18.6. The zero-order chi connectivity index (χ0) is 21.8. The van der Waals surface area contributed by atoms with E-state index in [9.17, 15) is 9.59 Å².